The molecule has 1 fully saturated rings. The second-order valence-corrected chi connectivity index (χ2v) is 4.50. The van der Waals surface area contributed by atoms with Gasteiger partial charge in [0.05, 0.1) is 0 Å². The molecule has 1 heterocycles. The Morgan fingerprint density at radius 1 is 1.29 bits per heavy atom. The number of rotatable bonds is 1. The molecule has 1 aromatic carbocycles. The van der Waals surface area contributed by atoms with Crippen LogP contribution < -0.4 is 5.32 Å². The maximum absolute atomic E-state index is 6.04. The highest BCUT2D eigenvalue weighted by atomic mass is 35.5. The summed E-state index contributed by atoms with van der Waals surface area (Å²) >= 11 is 6.04. The van der Waals surface area contributed by atoms with Crippen LogP contribution in [0.4, 0.5) is 0 Å². The van der Waals surface area contributed by atoms with Crippen molar-refractivity contribution in [3.05, 3.63) is 34.3 Å². The number of benzene rings is 1. The van der Waals surface area contributed by atoms with E-state index >= 15 is 0 Å². The number of hydrogen-bond donors (Lipinski definition) is 1. The van der Waals surface area contributed by atoms with Crippen molar-refractivity contribution in [2.45, 2.75) is 32.2 Å². The minimum Gasteiger partial charge on any atom is -0.310 e. The molecule has 1 aliphatic heterocycles. The normalized spacial score (nSPS) is 22.3. The largest absolute Gasteiger partial charge is 0.310 e. The fraction of sp³-hybridized carbons (Fsp3) is 0.500. The van der Waals surface area contributed by atoms with Gasteiger partial charge in [-0.2, -0.15) is 0 Å². The maximum Gasteiger partial charge on any atom is 0.0411 e. The van der Waals surface area contributed by atoms with E-state index < -0.39 is 0 Å². The lowest BCUT2D eigenvalue weighted by atomic mass is 9.96. The Labute approximate surface area is 90.5 Å². The van der Waals surface area contributed by atoms with Crippen molar-refractivity contribution >= 4 is 11.6 Å². The summed E-state index contributed by atoms with van der Waals surface area (Å²) in [5.41, 5.74) is 2.59. The topological polar surface area (TPSA) is 12.0 Å². The van der Waals surface area contributed by atoms with E-state index in [1.54, 1.807) is 0 Å². The third-order valence-corrected chi connectivity index (χ3v) is 3.00. The lowest BCUT2D eigenvalue weighted by molar-refractivity contribution is 0.412. The van der Waals surface area contributed by atoms with Crippen molar-refractivity contribution < 1.29 is 0 Å². The maximum atomic E-state index is 6.04. The molecule has 1 saturated heterocycles. The average Bonchev–Trinajstić information content (AvgIpc) is 2.18. The zero-order valence-corrected chi connectivity index (χ0v) is 9.27. The predicted molar refractivity (Wildman–Crippen MR) is 60.8 cm³/mol. The van der Waals surface area contributed by atoms with E-state index in [0.29, 0.717) is 6.04 Å². The van der Waals surface area contributed by atoms with Gasteiger partial charge in [0.25, 0.3) is 0 Å². The Morgan fingerprint density at radius 2 is 2.14 bits per heavy atom. The second kappa shape index (κ2) is 4.33. The molecular formula is C12H16ClN. The summed E-state index contributed by atoms with van der Waals surface area (Å²) in [6.45, 7) is 3.23. The Balaban J connectivity index is 2.21. The molecule has 0 bridgehead atoms. The SMILES string of the molecule is Cc1cc(Cl)cc([C@@H]2CCCCN2)c1. The van der Waals surface area contributed by atoms with Gasteiger partial charge in [0.1, 0.15) is 0 Å². The van der Waals surface area contributed by atoms with E-state index in [1.165, 1.54) is 30.4 Å². The summed E-state index contributed by atoms with van der Waals surface area (Å²) in [5.74, 6) is 0. The number of aryl methyl sites for hydroxylation is 1. The second-order valence-electron chi connectivity index (χ2n) is 4.06. The molecule has 0 spiro atoms. The number of nitrogens with one attached hydrogen (secondary N) is 1. The van der Waals surface area contributed by atoms with Gasteiger partial charge >= 0.3 is 0 Å². The third-order valence-electron chi connectivity index (χ3n) is 2.78. The van der Waals surface area contributed by atoms with Crippen LogP contribution >= 0.6 is 11.6 Å². The van der Waals surface area contributed by atoms with Gasteiger partial charge in [0.15, 0.2) is 0 Å². The van der Waals surface area contributed by atoms with E-state index in [0.717, 1.165) is 11.6 Å². The van der Waals surface area contributed by atoms with Crippen molar-refractivity contribution in [1.29, 1.82) is 0 Å². The molecule has 2 rings (SSSR count). The molecule has 1 atom stereocenters. The minimum atomic E-state index is 0.515. The Kier molecular flexibility index (Phi) is 3.09. The van der Waals surface area contributed by atoms with E-state index in [1.807, 2.05) is 6.07 Å². The van der Waals surface area contributed by atoms with Gasteiger partial charge in [0, 0.05) is 11.1 Å². The zero-order valence-electron chi connectivity index (χ0n) is 8.52. The monoisotopic (exact) mass is 209 g/mol. The molecule has 0 radical (unpaired) electrons. The molecule has 0 aliphatic carbocycles. The first-order valence-electron chi connectivity index (χ1n) is 5.26. The van der Waals surface area contributed by atoms with Gasteiger partial charge in [0.2, 0.25) is 0 Å². The Bertz CT molecular complexity index is 296. The van der Waals surface area contributed by atoms with Gasteiger partial charge in [-0.25, -0.2) is 0 Å². The molecule has 14 heavy (non-hydrogen) atoms. The highest BCUT2D eigenvalue weighted by Crippen LogP contribution is 2.26. The highest BCUT2D eigenvalue weighted by Gasteiger charge is 2.14. The first kappa shape index (κ1) is 10.0. The van der Waals surface area contributed by atoms with Gasteiger partial charge in [-0.05, 0) is 49.6 Å². The molecule has 1 N–H and O–H groups in total. The summed E-state index contributed by atoms with van der Waals surface area (Å²) in [6.07, 6.45) is 3.86. The molecule has 1 aromatic rings. The van der Waals surface area contributed by atoms with Gasteiger partial charge < -0.3 is 5.32 Å². The van der Waals surface area contributed by atoms with Crippen molar-refractivity contribution in [2.24, 2.45) is 0 Å². The van der Waals surface area contributed by atoms with Gasteiger partial charge in [-0.1, -0.05) is 24.1 Å². The first-order valence-corrected chi connectivity index (χ1v) is 5.64. The van der Waals surface area contributed by atoms with Crippen LogP contribution in [0, 0.1) is 6.92 Å². The smallest absolute Gasteiger partial charge is 0.0411 e. The molecule has 1 nitrogen and oxygen atoms in total. The standard InChI is InChI=1S/C12H16ClN/c1-9-6-10(8-11(13)7-9)12-4-2-3-5-14-12/h6-8,12,14H,2-5H2,1H3/t12-/m0/s1. The van der Waals surface area contributed by atoms with Crippen molar-refractivity contribution in [3.63, 3.8) is 0 Å². The summed E-state index contributed by atoms with van der Waals surface area (Å²) in [7, 11) is 0. The molecule has 2 heteroatoms. The molecule has 0 amide bonds. The first-order chi connectivity index (χ1) is 6.75. The lowest BCUT2D eigenvalue weighted by Crippen LogP contribution is -2.26. The number of halogens is 1. The van der Waals surface area contributed by atoms with Crippen LogP contribution in [-0.4, -0.2) is 6.54 Å². The predicted octanol–water partition coefficient (Wildman–Crippen LogP) is 3.46. The van der Waals surface area contributed by atoms with Crippen LogP contribution in [0.15, 0.2) is 18.2 Å². The van der Waals surface area contributed by atoms with E-state index in [-0.39, 0.29) is 0 Å². The molecule has 0 aromatic heterocycles. The number of piperidine rings is 1. The van der Waals surface area contributed by atoms with Crippen LogP contribution in [0.1, 0.15) is 36.4 Å². The van der Waals surface area contributed by atoms with Crippen molar-refractivity contribution in [2.75, 3.05) is 6.54 Å². The fourth-order valence-corrected chi connectivity index (χ4v) is 2.40. The van der Waals surface area contributed by atoms with Gasteiger partial charge in [-0.15, -0.1) is 0 Å². The minimum absolute atomic E-state index is 0.515. The summed E-state index contributed by atoms with van der Waals surface area (Å²) in [5, 5.41) is 4.39. The zero-order chi connectivity index (χ0) is 9.97. The van der Waals surface area contributed by atoms with E-state index in [4.69, 9.17) is 11.6 Å². The summed E-state index contributed by atoms with van der Waals surface area (Å²) < 4.78 is 0. The van der Waals surface area contributed by atoms with E-state index in [9.17, 15) is 0 Å². The van der Waals surface area contributed by atoms with Crippen LogP contribution in [0.2, 0.25) is 5.02 Å². The third kappa shape index (κ3) is 2.28. The molecule has 0 unspecified atom stereocenters. The molecule has 1 aliphatic rings. The van der Waals surface area contributed by atoms with Crippen LogP contribution in [0.3, 0.4) is 0 Å². The molecule has 76 valence electrons. The molecular weight excluding hydrogens is 194 g/mol. The Morgan fingerprint density at radius 3 is 2.79 bits per heavy atom. The van der Waals surface area contributed by atoms with Gasteiger partial charge in [-0.3, -0.25) is 0 Å². The van der Waals surface area contributed by atoms with Crippen molar-refractivity contribution in [1.82, 2.24) is 5.32 Å². The molecule has 0 saturated carbocycles. The fourth-order valence-electron chi connectivity index (χ4n) is 2.10. The summed E-state index contributed by atoms with van der Waals surface area (Å²) in [4.78, 5) is 0. The Hall–Kier alpha value is -0.530. The lowest BCUT2D eigenvalue weighted by Gasteiger charge is -2.24. The highest BCUT2D eigenvalue weighted by molar-refractivity contribution is 6.30. The van der Waals surface area contributed by atoms with Crippen molar-refractivity contribution in [3.8, 4) is 0 Å². The van der Waals surface area contributed by atoms with Crippen LogP contribution in [0.25, 0.3) is 0 Å². The van der Waals surface area contributed by atoms with Crippen LogP contribution in [0.5, 0.6) is 0 Å². The average molecular weight is 210 g/mol. The number of hydrogen-bond acceptors (Lipinski definition) is 1. The quantitative estimate of drug-likeness (QED) is 0.747. The summed E-state index contributed by atoms with van der Waals surface area (Å²) in [6, 6.07) is 6.83. The van der Waals surface area contributed by atoms with E-state index in [2.05, 4.69) is 24.4 Å². The van der Waals surface area contributed by atoms with Crippen LogP contribution in [-0.2, 0) is 0 Å².